The SMILES string of the molecule is O=C(O)c1noc([C@@H]2CCCN2)n1. The van der Waals surface area contributed by atoms with E-state index in [4.69, 9.17) is 9.63 Å². The van der Waals surface area contributed by atoms with Crippen LogP contribution in [0, 0.1) is 0 Å². The Kier molecular flexibility index (Phi) is 1.97. The average Bonchev–Trinajstić information content (AvgIpc) is 2.75. The van der Waals surface area contributed by atoms with Gasteiger partial charge in [-0.25, -0.2) is 4.79 Å². The molecule has 0 saturated carbocycles. The molecule has 2 N–H and O–H groups in total. The second-order valence-corrected chi connectivity index (χ2v) is 2.91. The minimum Gasteiger partial charge on any atom is -0.475 e. The van der Waals surface area contributed by atoms with E-state index in [2.05, 4.69) is 15.5 Å². The van der Waals surface area contributed by atoms with E-state index in [1.54, 1.807) is 0 Å². The number of rotatable bonds is 2. The molecule has 0 aromatic carbocycles. The summed E-state index contributed by atoms with van der Waals surface area (Å²) in [6.45, 7) is 0.912. The number of hydrogen-bond acceptors (Lipinski definition) is 5. The van der Waals surface area contributed by atoms with Crippen LogP contribution in [-0.2, 0) is 0 Å². The number of hydrogen-bond donors (Lipinski definition) is 2. The van der Waals surface area contributed by atoms with Gasteiger partial charge in [-0.05, 0) is 24.5 Å². The summed E-state index contributed by atoms with van der Waals surface area (Å²) in [6.07, 6.45) is 1.97. The van der Waals surface area contributed by atoms with Gasteiger partial charge in [-0.1, -0.05) is 0 Å². The zero-order valence-corrected chi connectivity index (χ0v) is 6.86. The Labute approximate surface area is 73.9 Å². The van der Waals surface area contributed by atoms with Crippen LogP contribution in [0.15, 0.2) is 4.52 Å². The Balaban J connectivity index is 2.16. The lowest BCUT2D eigenvalue weighted by Crippen LogP contribution is -2.13. The summed E-state index contributed by atoms with van der Waals surface area (Å²) in [4.78, 5) is 14.2. The summed E-state index contributed by atoms with van der Waals surface area (Å²) < 4.78 is 4.81. The Bertz CT molecular complexity index is 317. The van der Waals surface area contributed by atoms with Crippen LogP contribution < -0.4 is 5.32 Å². The van der Waals surface area contributed by atoms with Crippen LogP contribution in [0.5, 0.6) is 0 Å². The Morgan fingerprint density at radius 1 is 1.69 bits per heavy atom. The second-order valence-electron chi connectivity index (χ2n) is 2.91. The highest BCUT2D eigenvalue weighted by Crippen LogP contribution is 2.20. The van der Waals surface area contributed by atoms with Crippen LogP contribution in [-0.4, -0.2) is 27.8 Å². The number of aromatic carboxylic acids is 1. The van der Waals surface area contributed by atoms with E-state index in [1.807, 2.05) is 0 Å². The first-order valence-corrected chi connectivity index (χ1v) is 4.07. The molecule has 2 rings (SSSR count). The van der Waals surface area contributed by atoms with Gasteiger partial charge in [-0.2, -0.15) is 4.98 Å². The van der Waals surface area contributed by atoms with Gasteiger partial charge < -0.3 is 14.9 Å². The predicted molar refractivity (Wildman–Crippen MR) is 41.2 cm³/mol. The van der Waals surface area contributed by atoms with Crippen molar-refractivity contribution in [2.75, 3.05) is 6.54 Å². The first kappa shape index (κ1) is 8.18. The van der Waals surface area contributed by atoms with Crippen molar-refractivity contribution in [2.45, 2.75) is 18.9 Å². The molecule has 0 amide bonds. The highest BCUT2D eigenvalue weighted by atomic mass is 16.5. The first-order chi connectivity index (χ1) is 6.27. The van der Waals surface area contributed by atoms with Crippen molar-refractivity contribution < 1.29 is 14.4 Å². The van der Waals surface area contributed by atoms with E-state index in [1.165, 1.54) is 0 Å². The second kappa shape index (κ2) is 3.14. The molecule has 6 heteroatoms. The van der Waals surface area contributed by atoms with Crippen LogP contribution in [0.25, 0.3) is 0 Å². The average molecular weight is 183 g/mol. The van der Waals surface area contributed by atoms with Crippen LogP contribution in [0.1, 0.15) is 35.4 Å². The fourth-order valence-corrected chi connectivity index (χ4v) is 1.36. The topological polar surface area (TPSA) is 88.2 Å². The lowest BCUT2D eigenvalue weighted by molar-refractivity contribution is 0.0680. The van der Waals surface area contributed by atoms with Crippen molar-refractivity contribution in [3.05, 3.63) is 11.7 Å². The van der Waals surface area contributed by atoms with Crippen molar-refractivity contribution >= 4 is 5.97 Å². The van der Waals surface area contributed by atoms with Crippen molar-refractivity contribution in [3.63, 3.8) is 0 Å². The highest BCUT2D eigenvalue weighted by Gasteiger charge is 2.23. The number of aromatic nitrogens is 2. The summed E-state index contributed by atoms with van der Waals surface area (Å²) in [5.74, 6) is -1.06. The van der Waals surface area contributed by atoms with E-state index in [0.717, 1.165) is 19.4 Å². The number of carboxylic acids is 1. The van der Waals surface area contributed by atoms with Crippen LogP contribution >= 0.6 is 0 Å². The molecule has 70 valence electrons. The van der Waals surface area contributed by atoms with Crippen molar-refractivity contribution in [1.29, 1.82) is 0 Å². The standard InChI is InChI=1S/C7H9N3O3/c11-7(12)5-9-6(13-10-5)4-2-1-3-8-4/h4,8H,1-3H2,(H,11,12)/t4-/m0/s1. The van der Waals surface area contributed by atoms with Crippen LogP contribution in [0.4, 0.5) is 0 Å². The normalized spacial score (nSPS) is 22.0. The van der Waals surface area contributed by atoms with Crippen molar-refractivity contribution in [3.8, 4) is 0 Å². The molecule has 1 aromatic heterocycles. The third kappa shape index (κ3) is 1.52. The van der Waals surface area contributed by atoms with E-state index in [-0.39, 0.29) is 11.9 Å². The smallest absolute Gasteiger partial charge is 0.377 e. The third-order valence-corrected chi connectivity index (χ3v) is 1.99. The molecule has 0 aliphatic carbocycles. The van der Waals surface area contributed by atoms with Gasteiger partial charge in [-0.15, -0.1) is 0 Å². The summed E-state index contributed by atoms with van der Waals surface area (Å²) >= 11 is 0. The Morgan fingerprint density at radius 3 is 3.08 bits per heavy atom. The summed E-state index contributed by atoms with van der Waals surface area (Å²) in [5, 5.41) is 15.0. The molecule has 1 saturated heterocycles. The fraction of sp³-hybridized carbons (Fsp3) is 0.571. The third-order valence-electron chi connectivity index (χ3n) is 1.99. The predicted octanol–water partition coefficient (Wildman–Crippen LogP) is 0.192. The summed E-state index contributed by atoms with van der Waals surface area (Å²) in [5.41, 5.74) is 0. The molecule has 0 unspecified atom stereocenters. The molecule has 1 aromatic rings. The van der Waals surface area contributed by atoms with Gasteiger partial charge in [0.15, 0.2) is 0 Å². The monoisotopic (exact) mass is 183 g/mol. The first-order valence-electron chi connectivity index (χ1n) is 4.07. The lowest BCUT2D eigenvalue weighted by Gasteiger charge is -2.00. The minimum atomic E-state index is -1.16. The molecule has 0 bridgehead atoms. The molecule has 1 fully saturated rings. The van der Waals surface area contributed by atoms with Crippen LogP contribution in [0.2, 0.25) is 0 Å². The summed E-state index contributed by atoms with van der Waals surface area (Å²) in [7, 11) is 0. The molecule has 1 aliphatic heterocycles. The van der Waals surface area contributed by atoms with Gasteiger partial charge in [0.05, 0.1) is 6.04 Å². The molecule has 0 spiro atoms. The minimum absolute atomic E-state index is 0.0283. The molecule has 6 nitrogen and oxygen atoms in total. The van der Waals surface area contributed by atoms with Crippen LogP contribution in [0.3, 0.4) is 0 Å². The maximum absolute atomic E-state index is 10.4. The zero-order chi connectivity index (χ0) is 9.26. The molecule has 0 radical (unpaired) electrons. The van der Waals surface area contributed by atoms with Gasteiger partial charge in [0.2, 0.25) is 5.89 Å². The highest BCUT2D eigenvalue weighted by molar-refractivity contribution is 5.82. The Hall–Kier alpha value is -1.43. The molecular weight excluding hydrogens is 174 g/mol. The maximum atomic E-state index is 10.4. The molecule has 2 heterocycles. The quantitative estimate of drug-likeness (QED) is 0.680. The molecule has 1 atom stereocenters. The number of nitrogens with one attached hydrogen (secondary N) is 1. The van der Waals surface area contributed by atoms with E-state index >= 15 is 0 Å². The van der Waals surface area contributed by atoms with Gasteiger partial charge >= 0.3 is 5.97 Å². The molecular formula is C7H9N3O3. The zero-order valence-electron chi connectivity index (χ0n) is 6.86. The molecule has 13 heavy (non-hydrogen) atoms. The van der Waals surface area contributed by atoms with Gasteiger partial charge in [0.1, 0.15) is 0 Å². The van der Waals surface area contributed by atoms with Gasteiger partial charge in [-0.3, -0.25) is 0 Å². The maximum Gasteiger partial charge on any atom is 0.377 e. The van der Waals surface area contributed by atoms with E-state index in [9.17, 15) is 4.79 Å². The number of carboxylic acid groups (broad SMARTS) is 1. The Morgan fingerprint density at radius 2 is 2.54 bits per heavy atom. The fourth-order valence-electron chi connectivity index (χ4n) is 1.36. The lowest BCUT2D eigenvalue weighted by atomic mass is 10.2. The van der Waals surface area contributed by atoms with E-state index < -0.39 is 5.97 Å². The van der Waals surface area contributed by atoms with Gasteiger partial charge in [0.25, 0.3) is 5.82 Å². The van der Waals surface area contributed by atoms with Crippen molar-refractivity contribution in [2.24, 2.45) is 0 Å². The van der Waals surface area contributed by atoms with Gasteiger partial charge in [0, 0.05) is 0 Å². The number of nitrogens with zero attached hydrogens (tertiary/aromatic N) is 2. The number of carbonyl (C=O) groups is 1. The van der Waals surface area contributed by atoms with E-state index in [0.29, 0.717) is 5.89 Å². The largest absolute Gasteiger partial charge is 0.475 e. The van der Waals surface area contributed by atoms with Crippen molar-refractivity contribution in [1.82, 2.24) is 15.5 Å². The molecule has 1 aliphatic rings. The summed E-state index contributed by atoms with van der Waals surface area (Å²) in [6, 6.07) is 0.0283.